The first kappa shape index (κ1) is 22.6. The number of carbonyl (C=O) groups is 2. The van der Waals surface area contributed by atoms with Crippen molar-refractivity contribution in [1.29, 1.82) is 0 Å². The zero-order chi connectivity index (χ0) is 19.4. The first-order valence-corrected chi connectivity index (χ1v) is 10.7. The highest BCUT2D eigenvalue weighted by Gasteiger charge is 2.17. The molecular formula is C20H34N2O3S. The van der Waals surface area contributed by atoms with E-state index < -0.39 is 5.97 Å². The molecule has 0 radical (unpaired) electrons. The lowest BCUT2D eigenvalue weighted by Gasteiger charge is -2.22. The highest BCUT2D eigenvalue weighted by atomic mass is 32.1. The fraction of sp³-hybridized carbons (Fsp3) is 0.750. The number of rotatable bonds is 13. The molecule has 1 amide bonds. The third-order valence-corrected chi connectivity index (χ3v) is 5.18. The largest absolute Gasteiger partial charge is 0.464 e. The Morgan fingerprint density at radius 2 is 1.88 bits per heavy atom. The third kappa shape index (κ3) is 8.79. The Labute approximate surface area is 162 Å². The number of esters is 1. The monoisotopic (exact) mass is 382 g/mol. The predicted molar refractivity (Wildman–Crippen MR) is 106 cm³/mol. The summed E-state index contributed by atoms with van der Waals surface area (Å²) < 4.78 is 4.70. The summed E-state index contributed by atoms with van der Waals surface area (Å²) in [7, 11) is 1.35. The maximum Gasteiger partial charge on any atom is 0.357 e. The summed E-state index contributed by atoms with van der Waals surface area (Å²) in [4.78, 5) is 30.4. The highest BCUT2D eigenvalue weighted by molar-refractivity contribution is 7.09. The van der Waals surface area contributed by atoms with Gasteiger partial charge in [0.2, 0.25) is 5.91 Å². The number of ether oxygens (including phenoxy) is 1. The van der Waals surface area contributed by atoms with Crippen molar-refractivity contribution in [2.45, 2.75) is 78.7 Å². The van der Waals surface area contributed by atoms with Crippen molar-refractivity contribution in [2.24, 2.45) is 5.92 Å². The van der Waals surface area contributed by atoms with Crippen LogP contribution in [0.1, 0.15) is 87.6 Å². The molecule has 0 saturated heterocycles. The zero-order valence-corrected chi connectivity index (χ0v) is 17.6. The molecule has 1 heterocycles. The number of nitrogens with zero attached hydrogens (tertiary/aromatic N) is 2. The van der Waals surface area contributed by atoms with Gasteiger partial charge in [-0.15, -0.1) is 11.3 Å². The lowest BCUT2D eigenvalue weighted by Crippen LogP contribution is -2.32. The van der Waals surface area contributed by atoms with E-state index in [0.29, 0.717) is 24.6 Å². The minimum atomic E-state index is -0.431. The third-order valence-electron chi connectivity index (χ3n) is 4.35. The van der Waals surface area contributed by atoms with Crippen LogP contribution in [0.15, 0.2) is 5.38 Å². The topological polar surface area (TPSA) is 59.5 Å². The van der Waals surface area contributed by atoms with E-state index >= 15 is 0 Å². The minimum Gasteiger partial charge on any atom is -0.464 e. The van der Waals surface area contributed by atoms with E-state index in [-0.39, 0.29) is 5.91 Å². The quantitative estimate of drug-likeness (QED) is 0.354. The van der Waals surface area contributed by atoms with Crippen molar-refractivity contribution in [2.75, 3.05) is 13.7 Å². The minimum absolute atomic E-state index is 0.191. The molecule has 0 aromatic carbocycles. The highest BCUT2D eigenvalue weighted by Crippen LogP contribution is 2.16. The molecular weight excluding hydrogens is 348 g/mol. The Morgan fingerprint density at radius 3 is 2.54 bits per heavy atom. The second-order valence-electron chi connectivity index (χ2n) is 7.13. The molecule has 0 saturated carbocycles. The number of aromatic nitrogens is 1. The molecule has 0 aliphatic carbocycles. The van der Waals surface area contributed by atoms with Crippen molar-refractivity contribution in [3.8, 4) is 0 Å². The smallest absolute Gasteiger partial charge is 0.357 e. The summed E-state index contributed by atoms with van der Waals surface area (Å²) in [5.41, 5.74) is 0.319. The van der Waals surface area contributed by atoms with Crippen LogP contribution < -0.4 is 0 Å². The van der Waals surface area contributed by atoms with Gasteiger partial charge in [0.25, 0.3) is 0 Å². The summed E-state index contributed by atoms with van der Waals surface area (Å²) in [5, 5.41) is 2.48. The van der Waals surface area contributed by atoms with Gasteiger partial charge in [-0.3, -0.25) is 4.79 Å². The van der Waals surface area contributed by atoms with Crippen LogP contribution in [0.4, 0.5) is 0 Å². The molecule has 1 rings (SSSR count). The van der Waals surface area contributed by atoms with E-state index in [9.17, 15) is 9.59 Å². The van der Waals surface area contributed by atoms with Crippen molar-refractivity contribution < 1.29 is 14.3 Å². The number of methoxy groups -OCH3 is 1. The Bertz CT molecular complexity index is 543. The normalized spacial score (nSPS) is 11.0. The Balaban J connectivity index is 2.55. The number of hydrogen-bond donors (Lipinski definition) is 0. The number of thiazole rings is 1. The van der Waals surface area contributed by atoms with Gasteiger partial charge in [0, 0.05) is 18.3 Å². The number of unbranched alkanes of at least 4 members (excludes halogenated alkanes) is 5. The summed E-state index contributed by atoms with van der Waals surface area (Å²) in [6, 6.07) is 0. The van der Waals surface area contributed by atoms with Gasteiger partial charge in [-0.25, -0.2) is 9.78 Å². The molecule has 1 aromatic rings. The molecule has 1 aromatic heterocycles. The average Bonchev–Trinajstić information content (AvgIpc) is 3.09. The molecule has 0 aliphatic heterocycles. The summed E-state index contributed by atoms with van der Waals surface area (Å²) in [6.07, 6.45) is 8.63. The molecule has 0 bridgehead atoms. The van der Waals surface area contributed by atoms with Gasteiger partial charge in [0.15, 0.2) is 5.69 Å². The van der Waals surface area contributed by atoms with Crippen LogP contribution in [0, 0.1) is 5.92 Å². The van der Waals surface area contributed by atoms with Crippen molar-refractivity contribution in [3.05, 3.63) is 16.1 Å². The number of carbonyl (C=O) groups excluding carboxylic acids is 2. The van der Waals surface area contributed by atoms with Gasteiger partial charge >= 0.3 is 5.97 Å². The fourth-order valence-corrected chi connectivity index (χ4v) is 3.44. The molecule has 148 valence electrons. The van der Waals surface area contributed by atoms with Gasteiger partial charge in [-0.1, -0.05) is 52.9 Å². The van der Waals surface area contributed by atoms with E-state index in [1.54, 1.807) is 5.38 Å². The molecule has 0 N–H and O–H groups in total. The number of amides is 1. The Hall–Kier alpha value is -1.43. The van der Waals surface area contributed by atoms with Crippen LogP contribution in [0.2, 0.25) is 0 Å². The lowest BCUT2D eigenvalue weighted by atomic mass is 10.1. The molecule has 6 heteroatoms. The van der Waals surface area contributed by atoms with Crippen LogP contribution in [-0.4, -0.2) is 35.4 Å². The van der Waals surface area contributed by atoms with Crippen LogP contribution in [-0.2, 0) is 16.1 Å². The molecule has 26 heavy (non-hydrogen) atoms. The first-order valence-electron chi connectivity index (χ1n) is 9.78. The van der Waals surface area contributed by atoms with Gasteiger partial charge in [-0.05, 0) is 18.8 Å². The standard InChI is InChI=1S/C20H34N2O3S/c1-5-6-7-8-9-10-11-19(23)22(13-12-16(2)3)14-18-21-17(15-26-18)20(24)25-4/h15-16H,5-14H2,1-4H3. The SMILES string of the molecule is CCCCCCCCC(=O)N(CCC(C)C)Cc1nc(C(=O)OC)cs1. The fourth-order valence-electron chi connectivity index (χ4n) is 2.67. The maximum atomic E-state index is 12.7. The second kappa shape index (κ2) is 12.8. The Kier molecular flexibility index (Phi) is 11.2. The first-order chi connectivity index (χ1) is 12.5. The van der Waals surface area contributed by atoms with E-state index in [1.807, 2.05) is 4.90 Å². The number of hydrogen-bond acceptors (Lipinski definition) is 5. The van der Waals surface area contributed by atoms with Crippen LogP contribution >= 0.6 is 11.3 Å². The maximum absolute atomic E-state index is 12.7. The average molecular weight is 383 g/mol. The predicted octanol–water partition coefficient (Wildman–Crippen LogP) is 5.06. The van der Waals surface area contributed by atoms with Gasteiger partial charge in [-0.2, -0.15) is 0 Å². The van der Waals surface area contributed by atoms with Crippen molar-refractivity contribution in [1.82, 2.24) is 9.88 Å². The Morgan fingerprint density at radius 1 is 1.19 bits per heavy atom. The van der Waals surface area contributed by atoms with E-state index in [1.165, 1.54) is 44.1 Å². The summed E-state index contributed by atoms with van der Waals surface area (Å²) in [5.74, 6) is 0.303. The lowest BCUT2D eigenvalue weighted by molar-refractivity contribution is -0.132. The van der Waals surface area contributed by atoms with Crippen molar-refractivity contribution in [3.63, 3.8) is 0 Å². The molecule has 0 aliphatic rings. The summed E-state index contributed by atoms with van der Waals surface area (Å²) >= 11 is 1.40. The van der Waals surface area contributed by atoms with Crippen LogP contribution in [0.25, 0.3) is 0 Å². The van der Waals surface area contributed by atoms with Gasteiger partial charge in [0.1, 0.15) is 5.01 Å². The summed E-state index contributed by atoms with van der Waals surface area (Å²) in [6.45, 7) is 7.74. The van der Waals surface area contributed by atoms with Crippen LogP contribution in [0.5, 0.6) is 0 Å². The molecule has 0 atom stereocenters. The van der Waals surface area contributed by atoms with Crippen molar-refractivity contribution >= 4 is 23.2 Å². The molecule has 5 nitrogen and oxygen atoms in total. The van der Waals surface area contributed by atoms with Gasteiger partial charge < -0.3 is 9.64 Å². The van der Waals surface area contributed by atoms with Crippen LogP contribution in [0.3, 0.4) is 0 Å². The molecule has 0 spiro atoms. The van der Waals surface area contributed by atoms with E-state index in [0.717, 1.165) is 30.8 Å². The van der Waals surface area contributed by atoms with E-state index in [4.69, 9.17) is 4.74 Å². The van der Waals surface area contributed by atoms with E-state index in [2.05, 4.69) is 25.8 Å². The second-order valence-corrected chi connectivity index (χ2v) is 8.08. The zero-order valence-electron chi connectivity index (χ0n) is 16.8. The molecule has 0 fully saturated rings. The molecule has 0 unspecified atom stereocenters. The van der Waals surface area contributed by atoms with Gasteiger partial charge in [0.05, 0.1) is 13.7 Å².